The van der Waals surface area contributed by atoms with Crippen molar-refractivity contribution in [1.29, 1.82) is 0 Å². The zero-order valence-electron chi connectivity index (χ0n) is 6.21. The Bertz CT molecular complexity index is 134. The molecule has 0 heterocycles. The molecule has 0 aromatic carbocycles. The van der Waals surface area contributed by atoms with E-state index < -0.39 is 0 Å². The molecule has 56 valence electrons. The van der Waals surface area contributed by atoms with Crippen LogP contribution >= 0.6 is 0 Å². The summed E-state index contributed by atoms with van der Waals surface area (Å²) in [5.41, 5.74) is 1.03. The molecule has 0 aliphatic carbocycles. The average Bonchev–Trinajstić information content (AvgIpc) is 1.89. The summed E-state index contributed by atoms with van der Waals surface area (Å²) >= 11 is 0. The van der Waals surface area contributed by atoms with Gasteiger partial charge in [-0.3, -0.25) is 0 Å². The minimum atomic E-state index is 0.206. The molecule has 0 aromatic heterocycles. The quantitative estimate of drug-likeness (QED) is 0.455. The van der Waals surface area contributed by atoms with Crippen LogP contribution in [0, 0.1) is 0 Å². The lowest BCUT2D eigenvalue weighted by molar-refractivity contribution is 0.302. The van der Waals surface area contributed by atoms with E-state index in [0.717, 1.165) is 12.0 Å². The second-order valence-corrected chi connectivity index (χ2v) is 2.07. The molecule has 0 aliphatic rings. The van der Waals surface area contributed by atoms with Crippen molar-refractivity contribution in [3.63, 3.8) is 0 Å². The molecule has 0 amide bonds. The van der Waals surface area contributed by atoms with Gasteiger partial charge in [-0.15, -0.1) is 6.58 Å². The van der Waals surface area contributed by atoms with Gasteiger partial charge in [0.2, 0.25) is 0 Å². The van der Waals surface area contributed by atoms with E-state index in [1.165, 1.54) is 0 Å². The predicted octanol–water partition coefficient (Wildman–Crippen LogP) is 2.06. The highest BCUT2D eigenvalue weighted by Crippen LogP contribution is 2.00. The fourth-order valence-electron chi connectivity index (χ4n) is 0.578. The van der Waals surface area contributed by atoms with Gasteiger partial charge >= 0.3 is 0 Å². The summed E-state index contributed by atoms with van der Waals surface area (Å²) in [5.74, 6) is 0. The Morgan fingerprint density at radius 1 is 1.50 bits per heavy atom. The van der Waals surface area contributed by atoms with Crippen molar-refractivity contribution < 1.29 is 5.11 Å². The molecule has 0 bridgehead atoms. The molecular formula is C9H14O. The number of hydrogen-bond donors (Lipinski definition) is 1. The van der Waals surface area contributed by atoms with Crippen LogP contribution in [0.3, 0.4) is 0 Å². The summed E-state index contributed by atoms with van der Waals surface area (Å²) in [5, 5.41) is 8.41. The molecule has 0 aliphatic heterocycles. The van der Waals surface area contributed by atoms with E-state index in [-0.39, 0.29) is 6.61 Å². The molecule has 0 atom stereocenters. The van der Waals surface area contributed by atoms with E-state index in [2.05, 4.69) is 13.2 Å². The van der Waals surface area contributed by atoms with Crippen LogP contribution in [0.5, 0.6) is 0 Å². The van der Waals surface area contributed by atoms with Gasteiger partial charge in [-0.1, -0.05) is 30.4 Å². The van der Waals surface area contributed by atoms with Gasteiger partial charge in [-0.05, 0) is 12.8 Å². The third-order valence-corrected chi connectivity index (χ3v) is 1.06. The maximum absolute atomic E-state index is 8.41. The summed E-state index contributed by atoms with van der Waals surface area (Å²) in [6.45, 7) is 7.57. The first-order chi connectivity index (χ1) is 4.81. The fourth-order valence-corrected chi connectivity index (χ4v) is 0.578. The Hall–Kier alpha value is -0.820. The standard InChI is InChI=1S/C9H14O/c1-3-6-9(2)7-4-5-8-10/h3-4,7,10H,1-2,5-6,8H2. The fraction of sp³-hybridized carbons (Fsp3) is 0.333. The van der Waals surface area contributed by atoms with Crippen LogP contribution in [-0.2, 0) is 0 Å². The molecule has 0 unspecified atom stereocenters. The van der Waals surface area contributed by atoms with Crippen LogP contribution in [-0.4, -0.2) is 11.7 Å². The molecule has 1 N–H and O–H groups in total. The molecule has 0 rings (SSSR count). The van der Waals surface area contributed by atoms with Crippen molar-refractivity contribution in [1.82, 2.24) is 0 Å². The van der Waals surface area contributed by atoms with E-state index in [9.17, 15) is 0 Å². The molecule has 1 heteroatoms. The average molecular weight is 138 g/mol. The zero-order chi connectivity index (χ0) is 7.82. The van der Waals surface area contributed by atoms with Crippen LogP contribution in [0.4, 0.5) is 0 Å². The van der Waals surface area contributed by atoms with E-state index in [1.807, 2.05) is 18.2 Å². The van der Waals surface area contributed by atoms with Crippen molar-refractivity contribution >= 4 is 0 Å². The maximum atomic E-state index is 8.41. The Balaban J connectivity index is 3.45. The zero-order valence-corrected chi connectivity index (χ0v) is 6.21. The van der Waals surface area contributed by atoms with Gasteiger partial charge in [0.05, 0.1) is 0 Å². The largest absolute Gasteiger partial charge is 0.396 e. The first-order valence-corrected chi connectivity index (χ1v) is 3.37. The van der Waals surface area contributed by atoms with Gasteiger partial charge in [0, 0.05) is 6.61 Å². The Labute approximate surface area is 62.4 Å². The van der Waals surface area contributed by atoms with Crippen LogP contribution in [0.15, 0.2) is 37.0 Å². The highest BCUT2D eigenvalue weighted by Gasteiger charge is 1.81. The molecule has 10 heavy (non-hydrogen) atoms. The summed E-state index contributed by atoms with van der Waals surface area (Å²) in [6, 6.07) is 0. The Kier molecular flexibility index (Phi) is 5.79. The SMILES string of the molecule is C=CCC(=C)C=CCCO. The highest BCUT2D eigenvalue weighted by molar-refractivity contribution is 5.16. The number of aliphatic hydroxyl groups is 1. The molecule has 0 saturated carbocycles. The number of aliphatic hydroxyl groups excluding tert-OH is 1. The van der Waals surface area contributed by atoms with Crippen LogP contribution in [0.25, 0.3) is 0 Å². The smallest absolute Gasteiger partial charge is 0.0465 e. The van der Waals surface area contributed by atoms with Crippen molar-refractivity contribution in [2.75, 3.05) is 6.61 Å². The molecule has 0 aromatic rings. The molecular weight excluding hydrogens is 124 g/mol. The molecule has 0 spiro atoms. The lowest BCUT2D eigenvalue weighted by Crippen LogP contribution is -1.76. The number of allylic oxidation sites excluding steroid dienone is 3. The minimum absolute atomic E-state index is 0.206. The van der Waals surface area contributed by atoms with Crippen LogP contribution in [0.1, 0.15) is 12.8 Å². The first kappa shape index (κ1) is 9.18. The van der Waals surface area contributed by atoms with E-state index >= 15 is 0 Å². The number of hydrogen-bond acceptors (Lipinski definition) is 1. The molecule has 0 fully saturated rings. The van der Waals surface area contributed by atoms with Crippen LogP contribution < -0.4 is 0 Å². The first-order valence-electron chi connectivity index (χ1n) is 3.37. The van der Waals surface area contributed by atoms with Crippen LogP contribution in [0.2, 0.25) is 0 Å². The van der Waals surface area contributed by atoms with Gasteiger partial charge in [-0.2, -0.15) is 0 Å². The molecule has 0 saturated heterocycles. The summed E-state index contributed by atoms with van der Waals surface area (Å²) in [6.07, 6.45) is 7.16. The minimum Gasteiger partial charge on any atom is -0.396 e. The van der Waals surface area contributed by atoms with Crippen molar-refractivity contribution in [3.8, 4) is 0 Å². The lowest BCUT2D eigenvalue weighted by atomic mass is 10.2. The highest BCUT2D eigenvalue weighted by atomic mass is 16.2. The molecule has 1 nitrogen and oxygen atoms in total. The second-order valence-electron chi connectivity index (χ2n) is 2.07. The summed E-state index contributed by atoms with van der Waals surface area (Å²) in [4.78, 5) is 0. The third kappa shape index (κ3) is 5.32. The third-order valence-electron chi connectivity index (χ3n) is 1.06. The van der Waals surface area contributed by atoms with Gasteiger partial charge in [0.15, 0.2) is 0 Å². The Morgan fingerprint density at radius 3 is 2.70 bits per heavy atom. The van der Waals surface area contributed by atoms with E-state index in [1.54, 1.807) is 0 Å². The summed E-state index contributed by atoms with van der Waals surface area (Å²) in [7, 11) is 0. The maximum Gasteiger partial charge on any atom is 0.0465 e. The van der Waals surface area contributed by atoms with Gasteiger partial charge in [0.25, 0.3) is 0 Å². The van der Waals surface area contributed by atoms with E-state index in [0.29, 0.717) is 6.42 Å². The van der Waals surface area contributed by atoms with Crippen molar-refractivity contribution in [2.24, 2.45) is 0 Å². The second kappa shape index (κ2) is 6.30. The van der Waals surface area contributed by atoms with Crippen molar-refractivity contribution in [2.45, 2.75) is 12.8 Å². The lowest BCUT2D eigenvalue weighted by Gasteiger charge is -1.90. The molecule has 0 radical (unpaired) electrons. The topological polar surface area (TPSA) is 20.2 Å². The Morgan fingerprint density at radius 2 is 2.20 bits per heavy atom. The normalized spacial score (nSPS) is 10.1. The van der Waals surface area contributed by atoms with Crippen molar-refractivity contribution in [3.05, 3.63) is 37.0 Å². The van der Waals surface area contributed by atoms with Gasteiger partial charge < -0.3 is 5.11 Å². The van der Waals surface area contributed by atoms with Gasteiger partial charge in [-0.25, -0.2) is 0 Å². The van der Waals surface area contributed by atoms with Gasteiger partial charge in [0.1, 0.15) is 0 Å². The summed E-state index contributed by atoms with van der Waals surface area (Å²) < 4.78 is 0. The monoisotopic (exact) mass is 138 g/mol. The number of rotatable bonds is 5. The van der Waals surface area contributed by atoms with E-state index in [4.69, 9.17) is 5.11 Å². The predicted molar refractivity (Wildman–Crippen MR) is 44.8 cm³/mol.